The van der Waals surface area contributed by atoms with Crippen molar-refractivity contribution in [2.24, 2.45) is 0 Å². The average Bonchev–Trinajstić information content (AvgIpc) is 2.82. The van der Waals surface area contributed by atoms with Crippen LogP contribution in [0.15, 0.2) is 48.5 Å². The van der Waals surface area contributed by atoms with Gasteiger partial charge in [-0.1, -0.05) is 53.5 Å². The van der Waals surface area contributed by atoms with Crippen molar-refractivity contribution >= 4 is 51.9 Å². The molecule has 7 heteroatoms. The SMILES string of the molecule is O=C1CC([S+]([O-])Cc2ccccc2)C(=O)N1c1cc(Cl)cc(Cl)c1. The molecule has 2 unspecified atom stereocenters. The van der Waals surface area contributed by atoms with Crippen molar-refractivity contribution in [3.8, 4) is 0 Å². The van der Waals surface area contributed by atoms with Gasteiger partial charge in [-0.15, -0.1) is 0 Å². The summed E-state index contributed by atoms with van der Waals surface area (Å²) in [6.45, 7) is 0. The fourth-order valence-electron chi connectivity index (χ4n) is 2.59. The van der Waals surface area contributed by atoms with Crippen LogP contribution in [0.25, 0.3) is 0 Å². The van der Waals surface area contributed by atoms with Crippen LogP contribution in [0.3, 0.4) is 0 Å². The standard InChI is InChI=1S/C17H13Cl2NO3S/c18-12-6-13(19)8-14(7-12)20-16(21)9-15(17(20)22)24(23)10-11-4-2-1-3-5-11/h1-8,15H,9-10H2. The van der Waals surface area contributed by atoms with E-state index in [9.17, 15) is 14.1 Å². The van der Waals surface area contributed by atoms with Crippen LogP contribution in [-0.2, 0) is 26.5 Å². The Hall–Kier alpha value is -1.53. The molecule has 0 aromatic heterocycles. The quantitative estimate of drug-likeness (QED) is 0.600. The van der Waals surface area contributed by atoms with Crippen molar-refractivity contribution in [3.05, 3.63) is 64.1 Å². The molecule has 0 radical (unpaired) electrons. The number of hydrogen-bond acceptors (Lipinski definition) is 3. The van der Waals surface area contributed by atoms with Gasteiger partial charge < -0.3 is 4.55 Å². The van der Waals surface area contributed by atoms with Crippen LogP contribution >= 0.6 is 23.2 Å². The lowest BCUT2D eigenvalue weighted by Crippen LogP contribution is -2.35. The van der Waals surface area contributed by atoms with Crippen LogP contribution in [0.5, 0.6) is 0 Å². The smallest absolute Gasteiger partial charge is 0.287 e. The summed E-state index contributed by atoms with van der Waals surface area (Å²) in [5, 5.41) is -0.200. The van der Waals surface area contributed by atoms with Gasteiger partial charge in [0.15, 0.2) is 0 Å². The zero-order valence-corrected chi connectivity index (χ0v) is 14.8. The lowest BCUT2D eigenvalue weighted by atomic mass is 10.2. The molecule has 2 aromatic rings. The average molecular weight is 382 g/mol. The first kappa shape index (κ1) is 17.3. The van der Waals surface area contributed by atoms with E-state index >= 15 is 0 Å². The van der Waals surface area contributed by atoms with Crippen LogP contribution < -0.4 is 4.90 Å². The first-order valence-corrected chi connectivity index (χ1v) is 9.33. The normalized spacial score (nSPS) is 19.0. The molecule has 2 aromatic carbocycles. The van der Waals surface area contributed by atoms with E-state index in [0.717, 1.165) is 10.5 Å². The highest BCUT2D eigenvalue weighted by atomic mass is 35.5. The monoisotopic (exact) mass is 381 g/mol. The highest BCUT2D eigenvalue weighted by molar-refractivity contribution is 7.92. The summed E-state index contributed by atoms with van der Waals surface area (Å²) in [7, 11) is 0. The molecule has 1 saturated heterocycles. The maximum Gasteiger partial charge on any atom is 0.287 e. The van der Waals surface area contributed by atoms with E-state index in [1.807, 2.05) is 30.3 Å². The third kappa shape index (κ3) is 3.59. The van der Waals surface area contributed by atoms with E-state index in [2.05, 4.69) is 0 Å². The van der Waals surface area contributed by atoms with Gasteiger partial charge in [-0.3, -0.25) is 9.59 Å². The largest absolute Gasteiger partial charge is 0.615 e. The number of nitrogens with zero attached hydrogens (tertiary/aromatic N) is 1. The van der Waals surface area contributed by atoms with Crippen molar-refractivity contribution in [2.75, 3.05) is 4.90 Å². The molecule has 0 N–H and O–H groups in total. The summed E-state index contributed by atoms with van der Waals surface area (Å²) in [5.41, 5.74) is 1.17. The number of rotatable bonds is 4. The van der Waals surface area contributed by atoms with Gasteiger partial charge in [-0.05, 0) is 29.4 Å². The molecule has 1 fully saturated rings. The molecule has 0 bridgehead atoms. The Morgan fingerprint density at radius 2 is 1.71 bits per heavy atom. The van der Waals surface area contributed by atoms with Gasteiger partial charge in [0.2, 0.25) is 11.2 Å². The summed E-state index contributed by atoms with van der Waals surface area (Å²) < 4.78 is 12.5. The first-order chi connectivity index (χ1) is 11.5. The summed E-state index contributed by atoms with van der Waals surface area (Å²) >= 11 is 10.4. The van der Waals surface area contributed by atoms with Gasteiger partial charge in [-0.25, -0.2) is 4.90 Å². The molecular formula is C17H13Cl2NO3S. The summed E-state index contributed by atoms with van der Waals surface area (Å²) in [6.07, 6.45) is -0.0809. The van der Waals surface area contributed by atoms with Crippen LogP contribution in [0.4, 0.5) is 5.69 Å². The fourth-order valence-corrected chi connectivity index (χ4v) is 4.48. The Morgan fingerprint density at radius 3 is 2.33 bits per heavy atom. The number of benzene rings is 2. The highest BCUT2D eigenvalue weighted by Crippen LogP contribution is 2.31. The van der Waals surface area contributed by atoms with Gasteiger partial charge in [0.1, 0.15) is 5.75 Å². The molecule has 4 nitrogen and oxygen atoms in total. The van der Waals surface area contributed by atoms with Gasteiger partial charge in [-0.2, -0.15) is 0 Å². The number of carbonyl (C=O) groups excluding carboxylic acids is 2. The van der Waals surface area contributed by atoms with Crippen molar-refractivity contribution in [1.82, 2.24) is 0 Å². The number of halogens is 2. The number of amides is 2. The number of imide groups is 1. The van der Waals surface area contributed by atoms with E-state index in [-0.39, 0.29) is 12.2 Å². The second-order valence-corrected chi connectivity index (χ2v) is 7.89. The van der Waals surface area contributed by atoms with Crippen LogP contribution in [-0.4, -0.2) is 21.6 Å². The molecule has 0 saturated carbocycles. The zero-order chi connectivity index (χ0) is 17.3. The summed E-state index contributed by atoms with van der Waals surface area (Å²) in [5.74, 6) is -0.647. The predicted molar refractivity (Wildman–Crippen MR) is 95.6 cm³/mol. The van der Waals surface area contributed by atoms with Crippen molar-refractivity contribution < 1.29 is 14.1 Å². The second-order valence-electron chi connectivity index (χ2n) is 5.40. The van der Waals surface area contributed by atoms with Crippen LogP contribution in [0.2, 0.25) is 10.0 Å². The zero-order valence-electron chi connectivity index (χ0n) is 12.4. The molecule has 1 aliphatic rings. The van der Waals surface area contributed by atoms with E-state index < -0.39 is 28.2 Å². The molecule has 0 aliphatic carbocycles. The molecule has 2 amide bonds. The minimum absolute atomic E-state index is 0.0809. The van der Waals surface area contributed by atoms with Crippen LogP contribution in [0.1, 0.15) is 12.0 Å². The first-order valence-electron chi connectivity index (χ1n) is 7.19. The van der Waals surface area contributed by atoms with E-state index in [1.54, 1.807) is 0 Å². The van der Waals surface area contributed by atoms with E-state index in [0.29, 0.717) is 15.7 Å². The maximum absolute atomic E-state index is 12.6. The highest BCUT2D eigenvalue weighted by Gasteiger charge is 2.46. The van der Waals surface area contributed by atoms with Crippen LogP contribution in [0, 0.1) is 0 Å². The number of hydrogen-bond donors (Lipinski definition) is 0. The predicted octanol–water partition coefficient (Wildman–Crippen LogP) is 3.57. The maximum atomic E-state index is 12.6. The lowest BCUT2D eigenvalue weighted by Gasteiger charge is -2.18. The molecule has 3 rings (SSSR count). The van der Waals surface area contributed by atoms with Crippen molar-refractivity contribution in [3.63, 3.8) is 0 Å². The van der Waals surface area contributed by atoms with Crippen molar-refractivity contribution in [2.45, 2.75) is 17.4 Å². The third-order valence-corrected chi connectivity index (χ3v) is 5.74. The molecule has 2 atom stereocenters. The molecule has 1 aliphatic heterocycles. The minimum Gasteiger partial charge on any atom is -0.615 e. The molecule has 1 heterocycles. The van der Waals surface area contributed by atoms with Crippen molar-refractivity contribution in [1.29, 1.82) is 0 Å². The minimum atomic E-state index is -1.48. The topological polar surface area (TPSA) is 60.4 Å². The molecule has 0 spiro atoms. The number of carbonyl (C=O) groups is 2. The van der Waals surface area contributed by atoms with E-state index in [1.165, 1.54) is 18.2 Å². The third-order valence-electron chi connectivity index (χ3n) is 3.68. The Balaban J connectivity index is 1.81. The Labute approximate surface area is 152 Å². The van der Waals surface area contributed by atoms with Gasteiger partial charge in [0.05, 0.1) is 12.1 Å². The fraction of sp³-hybridized carbons (Fsp3) is 0.176. The second kappa shape index (κ2) is 7.15. The Bertz CT molecular complexity index is 764. The molecule has 24 heavy (non-hydrogen) atoms. The van der Waals surface area contributed by atoms with Gasteiger partial charge in [0, 0.05) is 15.6 Å². The summed E-state index contributed by atoms with van der Waals surface area (Å²) in [4.78, 5) is 25.9. The van der Waals surface area contributed by atoms with Gasteiger partial charge in [0.25, 0.3) is 5.91 Å². The lowest BCUT2D eigenvalue weighted by molar-refractivity contribution is -0.121. The molecule has 124 valence electrons. The van der Waals surface area contributed by atoms with Gasteiger partial charge >= 0.3 is 0 Å². The summed E-state index contributed by atoms with van der Waals surface area (Å²) in [6, 6.07) is 13.7. The molecular weight excluding hydrogens is 369 g/mol. The van der Waals surface area contributed by atoms with E-state index in [4.69, 9.17) is 23.2 Å². The Morgan fingerprint density at radius 1 is 1.08 bits per heavy atom. The number of anilines is 1. The Kier molecular flexibility index (Phi) is 5.15.